The Balaban J connectivity index is 2.00. The normalized spacial score (nSPS) is 25.7. The third-order valence-corrected chi connectivity index (χ3v) is 5.02. The molecule has 1 fully saturated rings. The molecule has 3 N–H and O–H groups in total. The highest BCUT2D eigenvalue weighted by Crippen LogP contribution is 2.44. The number of imidazole rings is 1. The van der Waals surface area contributed by atoms with Gasteiger partial charge in [-0.05, 0) is 6.92 Å². The average Bonchev–Trinajstić information content (AvgIpc) is 3.23. The molecular weight excluding hydrogens is 411 g/mol. The van der Waals surface area contributed by atoms with Crippen LogP contribution in [0.15, 0.2) is 6.33 Å². The first-order valence-corrected chi connectivity index (χ1v) is 9.98. The summed E-state index contributed by atoms with van der Waals surface area (Å²) in [7, 11) is 1.64. The number of esters is 2. The van der Waals surface area contributed by atoms with E-state index in [0.29, 0.717) is 11.3 Å². The molecule has 0 amide bonds. The predicted molar refractivity (Wildman–Crippen MR) is 109 cm³/mol. The number of nitrogen functional groups attached to an aromatic ring is 1. The third kappa shape index (κ3) is 4.24. The van der Waals surface area contributed by atoms with Crippen LogP contribution in [0, 0.1) is 5.92 Å². The van der Waals surface area contributed by atoms with Crippen molar-refractivity contribution < 1.29 is 28.2 Å². The number of anilines is 2. The average molecular weight is 438 g/mol. The second-order valence-corrected chi connectivity index (χ2v) is 7.73. The standard InChI is InChI=1S/C19H27FN6O5/c1-6-11(27)29-7-10-13(31-16(28)9(2)3)19(4,20)17(30-10)26-8-23-12-14(22-5)24-18(21)25-15(12)26/h8-10,13,17H,6-7H2,1-5H3,(H3,21,22,24,25)/t10-,13-,17-,19-/m1/s1. The number of rotatable bonds is 7. The van der Waals surface area contributed by atoms with Crippen LogP contribution in [-0.4, -0.2) is 63.0 Å². The van der Waals surface area contributed by atoms with Crippen LogP contribution < -0.4 is 11.1 Å². The minimum atomic E-state index is -2.19. The van der Waals surface area contributed by atoms with Crippen LogP contribution in [0.2, 0.25) is 0 Å². The molecule has 4 atom stereocenters. The molecule has 1 aliphatic heterocycles. The van der Waals surface area contributed by atoms with Crippen molar-refractivity contribution in [3.63, 3.8) is 0 Å². The summed E-state index contributed by atoms with van der Waals surface area (Å²) in [6.45, 7) is 5.90. The van der Waals surface area contributed by atoms with Crippen LogP contribution >= 0.6 is 0 Å². The van der Waals surface area contributed by atoms with E-state index in [1.807, 2.05) is 0 Å². The van der Waals surface area contributed by atoms with Crippen molar-refractivity contribution >= 4 is 34.9 Å². The van der Waals surface area contributed by atoms with Gasteiger partial charge in [-0.15, -0.1) is 0 Å². The molecular formula is C19H27FN6O5. The molecule has 0 spiro atoms. The van der Waals surface area contributed by atoms with Gasteiger partial charge < -0.3 is 25.3 Å². The largest absolute Gasteiger partial charge is 0.463 e. The number of halogens is 1. The molecule has 12 heteroatoms. The van der Waals surface area contributed by atoms with Crippen molar-refractivity contribution in [3.05, 3.63) is 6.33 Å². The van der Waals surface area contributed by atoms with E-state index >= 15 is 4.39 Å². The van der Waals surface area contributed by atoms with Crippen LogP contribution in [0.4, 0.5) is 16.2 Å². The van der Waals surface area contributed by atoms with Crippen molar-refractivity contribution in [2.75, 3.05) is 24.7 Å². The number of ether oxygens (including phenoxy) is 3. The molecule has 1 aliphatic rings. The quantitative estimate of drug-likeness (QED) is 0.612. The van der Waals surface area contributed by atoms with Gasteiger partial charge in [0.2, 0.25) is 5.95 Å². The van der Waals surface area contributed by atoms with Gasteiger partial charge in [0.15, 0.2) is 35.0 Å². The zero-order valence-electron chi connectivity index (χ0n) is 18.1. The lowest BCUT2D eigenvalue weighted by atomic mass is 9.98. The smallest absolute Gasteiger partial charge is 0.308 e. The Labute approximate surface area is 178 Å². The fourth-order valence-electron chi connectivity index (χ4n) is 3.35. The number of carbonyl (C=O) groups excluding carboxylic acids is 2. The SMILES string of the molecule is CCC(=O)OC[C@H]1O[C@@H](n2cnc3c(NC)nc(N)nc32)[C@](C)(F)[C@@H]1OC(=O)C(C)C. The number of fused-ring (bicyclic) bond motifs is 1. The van der Waals surface area contributed by atoms with Gasteiger partial charge >= 0.3 is 11.9 Å². The maximum atomic E-state index is 16.1. The highest BCUT2D eigenvalue weighted by molar-refractivity contribution is 5.84. The molecule has 0 aliphatic carbocycles. The molecule has 0 radical (unpaired) electrons. The molecule has 170 valence electrons. The number of hydrogen-bond acceptors (Lipinski definition) is 10. The van der Waals surface area contributed by atoms with E-state index in [0.717, 1.165) is 0 Å². The molecule has 3 heterocycles. The summed E-state index contributed by atoms with van der Waals surface area (Å²) in [5.41, 5.74) is 4.20. The fourth-order valence-corrected chi connectivity index (χ4v) is 3.35. The molecule has 0 aromatic carbocycles. The second kappa shape index (κ2) is 8.61. The first-order chi connectivity index (χ1) is 14.6. The third-order valence-electron chi connectivity index (χ3n) is 5.02. The van der Waals surface area contributed by atoms with Gasteiger partial charge in [-0.3, -0.25) is 14.2 Å². The van der Waals surface area contributed by atoms with Gasteiger partial charge in [0.05, 0.1) is 12.2 Å². The van der Waals surface area contributed by atoms with E-state index in [9.17, 15) is 9.59 Å². The highest BCUT2D eigenvalue weighted by atomic mass is 19.1. The van der Waals surface area contributed by atoms with Gasteiger partial charge in [-0.1, -0.05) is 20.8 Å². The van der Waals surface area contributed by atoms with E-state index in [-0.39, 0.29) is 24.6 Å². The molecule has 11 nitrogen and oxygen atoms in total. The van der Waals surface area contributed by atoms with Gasteiger partial charge in [0, 0.05) is 13.5 Å². The fraction of sp³-hybridized carbons (Fsp3) is 0.632. The Morgan fingerprint density at radius 1 is 1.42 bits per heavy atom. The maximum absolute atomic E-state index is 16.1. The van der Waals surface area contributed by atoms with Gasteiger partial charge in [0.25, 0.3) is 0 Å². The summed E-state index contributed by atoms with van der Waals surface area (Å²) in [5.74, 6) is -1.21. The van der Waals surface area contributed by atoms with Crippen molar-refractivity contribution in [2.24, 2.45) is 5.92 Å². The molecule has 31 heavy (non-hydrogen) atoms. The number of nitrogens with one attached hydrogen (secondary N) is 1. The number of aromatic nitrogens is 4. The summed E-state index contributed by atoms with van der Waals surface area (Å²) in [6, 6.07) is 0. The maximum Gasteiger partial charge on any atom is 0.308 e. The first-order valence-electron chi connectivity index (χ1n) is 9.98. The lowest BCUT2D eigenvalue weighted by molar-refractivity contribution is -0.164. The lowest BCUT2D eigenvalue weighted by Gasteiger charge is -2.28. The molecule has 0 bridgehead atoms. The molecule has 0 saturated carbocycles. The predicted octanol–water partition coefficient (Wildman–Crippen LogP) is 1.60. The van der Waals surface area contributed by atoms with Crippen molar-refractivity contribution in [1.82, 2.24) is 19.5 Å². The number of nitrogens with zero attached hydrogens (tertiary/aromatic N) is 4. The van der Waals surface area contributed by atoms with Crippen LogP contribution in [0.25, 0.3) is 11.2 Å². The van der Waals surface area contributed by atoms with E-state index < -0.39 is 42.0 Å². The van der Waals surface area contributed by atoms with Crippen LogP contribution in [0.1, 0.15) is 40.3 Å². The topological polar surface area (TPSA) is 143 Å². The zero-order chi connectivity index (χ0) is 22.9. The van der Waals surface area contributed by atoms with Crippen LogP contribution in [-0.2, 0) is 23.8 Å². The number of hydrogen-bond donors (Lipinski definition) is 2. The number of alkyl halides is 1. The second-order valence-electron chi connectivity index (χ2n) is 7.73. The van der Waals surface area contributed by atoms with E-state index in [1.54, 1.807) is 27.8 Å². The molecule has 1 saturated heterocycles. The minimum Gasteiger partial charge on any atom is -0.463 e. The van der Waals surface area contributed by atoms with Crippen molar-refractivity contribution in [1.29, 1.82) is 0 Å². The van der Waals surface area contributed by atoms with Gasteiger partial charge in [-0.25, -0.2) is 9.37 Å². The van der Waals surface area contributed by atoms with Gasteiger partial charge in [-0.2, -0.15) is 9.97 Å². The number of nitrogens with two attached hydrogens (primary N) is 1. The van der Waals surface area contributed by atoms with Crippen LogP contribution in [0.5, 0.6) is 0 Å². The monoisotopic (exact) mass is 438 g/mol. The Kier molecular flexibility index (Phi) is 6.30. The Morgan fingerprint density at radius 2 is 2.13 bits per heavy atom. The highest BCUT2D eigenvalue weighted by Gasteiger charge is 2.58. The molecule has 2 aromatic rings. The molecule has 3 rings (SSSR count). The summed E-state index contributed by atoms with van der Waals surface area (Å²) >= 11 is 0. The van der Waals surface area contributed by atoms with E-state index in [1.165, 1.54) is 17.8 Å². The van der Waals surface area contributed by atoms with Gasteiger partial charge in [0.1, 0.15) is 12.7 Å². The summed E-state index contributed by atoms with van der Waals surface area (Å²) in [6.07, 6.45) is -2.12. The summed E-state index contributed by atoms with van der Waals surface area (Å²) in [5, 5.41) is 2.86. The lowest BCUT2D eigenvalue weighted by Crippen LogP contribution is -2.45. The molecule has 2 aromatic heterocycles. The Hall–Kier alpha value is -3.02. The first kappa shape index (κ1) is 22.7. The molecule has 0 unspecified atom stereocenters. The Bertz CT molecular complexity index is 978. The van der Waals surface area contributed by atoms with E-state index in [2.05, 4.69) is 20.3 Å². The van der Waals surface area contributed by atoms with Crippen LogP contribution in [0.3, 0.4) is 0 Å². The summed E-state index contributed by atoms with van der Waals surface area (Å²) in [4.78, 5) is 36.3. The van der Waals surface area contributed by atoms with Crippen molar-refractivity contribution in [2.45, 2.75) is 58.2 Å². The van der Waals surface area contributed by atoms with E-state index in [4.69, 9.17) is 19.9 Å². The number of carbonyl (C=O) groups is 2. The minimum absolute atomic E-state index is 0.0339. The van der Waals surface area contributed by atoms with Crippen molar-refractivity contribution in [3.8, 4) is 0 Å². The zero-order valence-corrected chi connectivity index (χ0v) is 18.1. The summed E-state index contributed by atoms with van der Waals surface area (Å²) < 4.78 is 34.0. The Morgan fingerprint density at radius 3 is 2.74 bits per heavy atom.